The first kappa shape index (κ1) is 19.7. The highest BCUT2D eigenvalue weighted by Crippen LogP contribution is 2.32. The molecule has 2 fully saturated rings. The van der Waals surface area contributed by atoms with E-state index >= 15 is 0 Å². The van der Waals surface area contributed by atoms with Crippen LogP contribution in [0.2, 0.25) is 0 Å². The quantitative estimate of drug-likeness (QED) is 0.688. The van der Waals surface area contributed by atoms with Crippen molar-refractivity contribution in [2.24, 2.45) is 11.8 Å². The molecule has 0 aromatic carbocycles. The standard InChI is InChI=1S/C19H32N2O4/c1-19(2,3)25-16(22)8-6-11-20(4)17(23)15-7-5-12-21(13-15)18(24)14-9-10-14/h14-15H,5-13H2,1-4H3. The third-order valence-corrected chi connectivity index (χ3v) is 4.68. The van der Waals surface area contributed by atoms with E-state index in [-0.39, 0.29) is 29.6 Å². The Morgan fingerprint density at radius 3 is 2.40 bits per heavy atom. The topological polar surface area (TPSA) is 66.9 Å². The minimum Gasteiger partial charge on any atom is -0.460 e. The number of hydrogen-bond acceptors (Lipinski definition) is 4. The lowest BCUT2D eigenvalue weighted by Gasteiger charge is -2.34. The summed E-state index contributed by atoms with van der Waals surface area (Å²) < 4.78 is 5.28. The second-order valence-corrected chi connectivity index (χ2v) is 8.35. The predicted molar refractivity (Wildman–Crippen MR) is 94.7 cm³/mol. The van der Waals surface area contributed by atoms with Gasteiger partial charge in [-0.1, -0.05) is 0 Å². The summed E-state index contributed by atoms with van der Waals surface area (Å²) in [5.41, 5.74) is -0.474. The lowest BCUT2D eigenvalue weighted by atomic mass is 9.96. The number of amides is 2. The third-order valence-electron chi connectivity index (χ3n) is 4.68. The van der Waals surface area contributed by atoms with E-state index in [9.17, 15) is 14.4 Å². The van der Waals surface area contributed by atoms with Gasteiger partial charge in [0.15, 0.2) is 0 Å². The Morgan fingerprint density at radius 1 is 1.12 bits per heavy atom. The Morgan fingerprint density at radius 2 is 1.80 bits per heavy atom. The van der Waals surface area contributed by atoms with Crippen LogP contribution >= 0.6 is 0 Å². The third kappa shape index (κ3) is 6.33. The maximum absolute atomic E-state index is 12.6. The molecule has 1 aliphatic carbocycles. The van der Waals surface area contributed by atoms with Crippen molar-refractivity contribution in [2.75, 3.05) is 26.7 Å². The van der Waals surface area contributed by atoms with Crippen molar-refractivity contribution in [3.8, 4) is 0 Å². The largest absolute Gasteiger partial charge is 0.460 e. The van der Waals surface area contributed by atoms with Crippen LogP contribution < -0.4 is 0 Å². The van der Waals surface area contributed by atoms with Gasteiger partial charge in [0.1, 0.15) is 5.60 Å². The van der Waals surface area contributed by atoms with E-state index in [0.717, 1.165) is 32.2 Å². The molecule has 2 amide bonds. The number of hydrogen-bond donors (Lipinski definition) is 0. The second kappa shape index (κ2) is 8.19. The van der Waals surface area contributed by atoms with Crippen LogP contribution in [0.3, 0.4) is 0 Å². The van der Waals surface area contributed by atoms with Gasteiger partial charge in [-0.25, -0.2) is 0 Å². The molecule has 1 atom stereocenters. The molecule has 1 saturated heterocycles. The number of carbonyl (C=O) groups excluding carboxylic acids is 3. The van der Waals surface area contributed by atoms with Crippen LogP contribution in [0.5, 0.6) is 0 Å². The summed E-state index contributed by atoms with van der Waals surface area (Å²) in [7, 11) is 1.78. The van der Waals surface area contributed by atoms with E-state index in [2.05, 4.69) is 0 Å². The Kier molecular flexibility index (Phi) is 6.47. The average Bonchev–Trinajstić information content (AvgIpc) is 3.36. The Balaban J connectivity index is 1.73. The molecule has 0 N–H and O–H groups in total. The number of piperidine rings is 1. The first-order valence-electron chi connectivity index (χ1n) is 9.43. The fourth-order valence-electron chi connectivity index (χ4n) is 3.24. The minimum absolute atomic E-state index is 0.0810. The Hall–Kier alpha value is -1.59. The maximum Gasteiger partial charge on any atom is 0.306 e. The van der Waals surface area contributed by atoms with E-state index < -0.39 is 5.60 Å². The molecule has 0 bridgehead atoms. The van der Waals surface area contributed by atoms with Gasteiger partial charge in [0, 0.05) is 39.0 Å². The fraction of sp³-hybridized carbons (Fsp3) is 0.842. The molecule has 0 radical (unpaired) electrons. The smallest absolute Gasteiger partial charge is 0.306 e. The summed E-state index contributed by atoms with van der Waals surface area (Å²) >= 11 is 0. The normalized spacial score (nSPS) is 21.0. The molecular formula is C19H32N2O4. The van der Waals surface area contributed by atoms with Crippen molar-refractivity contribution >= 4 is 17.8 Å². The monoisotopic (exact) mass is 352 g/mol. The van der Waals surface area contributed by atoms with Crippen LogP contribution in [0.25, 0.3) is 0 Å². The summed E-state index contributed by atoms with van der Waals surface area (Å²) in [5.74, 6) is 0.179. The van der Waals surface area contributed by atoms with Crippen molar-refractivity contribution < 1.29 is 19.1 Å². The van der Waals surface area contributed by atoms with Gasteiger partial charge in [-0.3, -0.25) is 14.4 Å². The molecule has 1 saturated carbocycles. The van der Waals surface area contributed by atoms with Crippen LogP contribution in [0.15, 0.2) is 0 Å². The van der Waals surface area contributed by atoms with Crippen molar-refractivity contribution in [3.63, 3.8) is 0 Å². The van der Waals surface area contributed by atoms with Crippen molar-refractivity contribution in [3.05, 3.63) is 0 Å². The first-order valence-corrected chi connectivity index (χ1v) is 9.43. The molecule has 142 valence electrons. The molecule has 0 spiro atoms. The molecular weight excluding hydrogens is 320 g/mol. The molecule has 1 unspecified atom stereocenters. The lowest BCUT2D eigenvalue weighted by molar-refractivity contribution is -0.155. The van der Waals surface area contributed by atoms with Gasteiger partial charge in [-0.15, -0.1) is 0 Å². The maximum atomic E-state index is 12.6. The molecule has 0 aromatic rings. The summed E-state index contributed by atoms with van der Waals surface area (Å²) in [6, 6.07) is 0. The number of ether oxygens (including phenoxy) is 1. The Labute approximate surface area is 150 Å². The van der Waals surface area contributed by atoms with E-state index in [1.807, 2.05) is 25.7 Å². The molecule has 25 heavy (non-hydrogen) atoms. The highest BCUT2D eigenvalue weighted by atomic mass is 16.6. The minimum atomic E-state index is -0.474. The van der Waals surface area contributed by atoms with Crippen LogP contribution in [-0.4, -0.2) is 59.9 Å². The highest BCUT2D eigenvalue weighted by molar-refractivity contribution is 5.83. The number of likely N-dealkylation sites (tertiary alicyclic amines) is 1. The van der Waals surface area contributed by atoms with E-state index in [0.29, 0.717) is 25.9 Å². The van der Waals surface area contributed by atoms with E-state index in [4.69, 9.17) is 4.74 Å². The van der Waals surface area contributed by atoms with Gasteiger partial charge < -0.3 is 14.5 Å². The van der Waals surface area contributed by atoms with Crippen LogP contribution in [-0.2, 0) is 19.1 Å². The molecule has 1 aliphatic heterocycles. The van der Waals surface area contributed by atoms with Gasteiger partial charge >= 0.3 is 5.97 Å². The van der Waals surface area contributed by atoms with Crippen LogP contribution in [0, 0.1) is 11.8 Å². The van der Waals surface area contributed by atoms with Gasteiger partial charge in [-0.05, 0) is 52.9 Å². The molecule has 2 rings (SSSR count). The fourth-order valence-corrected chi connectivity index (χ4v) is 3.24. The van der Waals surface area contributed by atoms with Crippen LogP contribution in [0.4, 0.5) is 0 Å². The van der Waals surface area contributed by atoms with E-state index in [1.165, 1.54) is 0 Å². The number of rotatable bonds is 6. The number of nitrogens with zero attached hydrogens (tertiary/aromatic N) is 2. The lowest BCUT2D eigenvalue weighted by Crippen LogP contribution is -2.46. The summed E-state index contributed by atoms with van der Waals surface area (Å²) in [6.45, 7) is 7.39. The second-order valence-electron chi connectivity index (χ2n) is 8.35. The van der Waals surface area contributed by atoms with Gasteiger partial charge in [0.2, 0.25) is 11.8 Å². The summed E-state index contributed by atoms with van der Waals surface area (Å²) in [5, 5.41) is 0. The SMILES string of the molecule is CN(CCCC(=O)OC(C)(C)C)C(=O)C1CCCN(C(=O)C2CC2)C1. The van der Waals surface area contributed by atoms with Gasteiger partial charge in [0.05, 0.1) is 5.92 Å². The number of carbonyl (C=O) groups is 3. The average molecular weight is 352 g/mol. The predicted octanol–water partition coefficient (Wildman–Crippen LogP) is 2.22. The molecule has 0 aromatic heterocycles. The van der Waals surface area contributed by atoms with Gasteiger partial charge in [0.25, 0.3) is 0 Å². The summed E-state index contributed by atoms with van der Waals surface area (Å²) in [4.78, 5) is 40.1. The zero-order valence-electron chi connectivity index (χ0n) is 16.0. The molecule has 2 aliphatic rings. The zero-order valence-corrected chi connectivity index (χ0v) is 16.0. The van der Waals surface area contributed by atoms with Crippen molar-refractivity contribution in [1.29, 1.82) is 0 Å². The van der Waals surface area contributed by atoms with E-state index in [1.54, 1.807) is 11.9 Å². The molecule has 6 nitrogen and oxygen atoms in total. The Bertz CT molecular complexity index is 508. The van der Waals surface area contributed by atoms with Gasteiger partial charge in [-0.2, -0.15) is 0 Å². The van der Waals surface area contributed by atoms with Crippen molar-refractivity contribution in [2.45, 2.75) is 64.9 Å². The summed E-state index contributed by atoms with van der Waals surface area (Å²) in [6.07, 6.45) is 4.63. The first-order chi connectivity index (χ1) is 11.7. The van der Waals surface area contributed by atoms with Crippen LogP contribution in [0.1, 0.15) is 59.3 Å². The molecule has 1 heterocycles. The molecule has 6 heteroatoms. The number of esters is 1. The zero-order chi connectivity index (χ0) is 18.6. The highest BCUT2D eigenvalue weighted by Gasteiger charge is 2.37. The van der Waals surface area contributed by atoms with Crippen molar-refractivity contribution in [1.82, 2.24) is 9.80 Å².